The molecule has 19 heavy (non-hydrogen) atoms. The van der Waals surface area contributed by atoms with Crippen LogP contribution in [0, 0.1) is 6.92 Å². The number of methoxy groups -OCH3 is 1. The molecule has 0 aliphatic carbocycles. The third-order valence-electron chi connectivity index (χ3n) is 3.57. The van der Waals surface area contributed by atoms with Gasteiger partial charge in [-0.05, 0) is 42.7 Å². The summed E-state index contributed by atoms with van der Waals surface area (Å²) in [6.07, 6.45) is 0.944. The Hall–Kier alpha value is -2.22. The molecule has 2 nitrogen and oxygen atoms in total. The highest BCUT2D eigenvalue weighted by Crippen LogP contribution is 2.25. The van der Waals surface area contributed by atoms with E-state index in [2.05, 4.69) is 48.3 Å². The van der Waals surface area contributed by atoms with Gasteiger partial charge in [0.25, 0.3) is 0 Å². The normalized spacial score (nSPS) is 10.8. The maximum atomic E-state index is 5.19. The molecule has 0 amide bonds. The molecule has 1 heterocycles. The van der Waals surface area contributed by atoms with Crippen molar-refractivity contribution < 1.29 is 4.74 Å². The van der Waals surface area contributed by atoms with E-state index in [1.54, 1.807) is 7.11 Å². The van der Waals surface area contributed by atoms with Gasteiger partial charge in [-0.25, -0.2) is 0 Å². The average molecular weight is 251 g/mol. The second-order valence-corrected chi connectivity index (χ2v) is 4.80. The summed E-state index contributed by atoms with van der Waals surface area (Å²) in [7, 11) is 1.69. The van der Waals surface area contributed by atoms with Crippen molar-refractivity contribution in [1.29, 1.82) is 0 Å². The van der Waals surface area contributed by atoms with Crippen LogP contribution in [0.1, 0.15) is 16.8 Å². The summed E-state index contributed by atoms with van der Waals surface area (Å²) in [5.41, 5.74) is 5.13. The highest BCUT2D eigenvalue weighted by molar-refractivity contribution is 5.84. The van der Waals surface area contributed by atoms with Gasteiger partial charge in [0.1, 0.15) is 5.75 Å². The number of fused-ring (bicyclic) bond motifs is 1. The molecule has 0 spiro atoms. The van der Waals surface area contributed by atoms with Gasteiger partial charge in [-0.15, -0.1) is 0 Å². The molecule has 3 rings (SSSR count). The summed E-state index contributed by atoms with van der Waals surface area (Å²) in [6.45, 7) is 2.14. The lowest BCUT2D eigenvalue weighted by atomic mass is 10.0. The van der Waals surface area contributed by atoms with Crippen molar-refractivity contribution in [2.75, 3.05) is 7.11 Å². The van der Waals surface area contributed by atoms with Gasteiger partial charge >= 0.3 is 0 Å². The zero-order valence-corrected chi connectivity index (χ0v) is 11.2. The molecule has 3 aromatic rings. The van der Waals surface area contributed by atoms with E-state index in [0.29, 0.717) is 0 Å². The second-order valence-electron chi connectivity index (χ2n) is 4.80. The fourth-order valence-electron chi connectivity index (χ4n) is 2.51. The van der Waals surface area contributed by atoms with Crippen molar-refractivity contribution in [3.63, 3.8) is 0 Å². The van der Waals surface area contributed by atoms with Gasteiger partial charge in [-0.1, -0.05) is 30.3 Å². The number of ether oxygens (including phenoxy) is 1. The highest BCUT2D eigenvalue weighted by atomic mass is 16.5. The number of para-hydroxylation sites is 1. The maximum absolute atomic E-state index is 5.19. The first-order valence-electron chi connectivity index (χ1n) is 6.47. The first-order chi connectivity index (χ1) is 9.28. The number of H-pyrrole nitrogens is 1. The SMILES string of the molecule is COc1ccc(Cc2c(C)[nH]c3ccccc23)cc1. The smallest absolute Gasteiger partial charge is 0.118 e. The molecule has 0 aliphatic heterocycles. The minimum absolute atomic E-state index is 0.902. The molecule has 2 heteroatoms. The molecule has 0 saturated carbocycles. The Kier molecular flexibility index (Phi) is 3.00. The van der Waals surface area contributed by atoms with Crippen LogP contribution in [0.3, 0.4) is 0 Å². The van der Waals surface area contributed by atoms with Crippen molar-refractivity contribution in [1.82, 2.24) is 4.98 Å². The van der Waals surface area contributed by atoms with E-state index in [1.807, 2.05) is 12.1 Å². The summed E-state index contributed by atoms with van der Waals surface area (Å²) in [4.78, 5) is 3.45. The summed E-state index contributed by atoms with van der Waals surface area (Å²) in [6, 6.07) is 16.7. The summed E-state index contributed by atoms with van der Waals surface area (Å²) < 4.78 is 5.19. The number of benzene rings is 2. The number of aromatic amines is 1. The molecule has 0 fully saturated rings. The van der Waals surface area contributed by atoms with Crippen LogP contribution < -0.4 is 4.74 Å². The number of nitrogens with one attached hydrogen (secondary N) is 1. The molecule has 0 radical (unpaired) electrons. The predicted molar refractivity (Wildman–Crippen MR) is 78.8 cm³/mol. The standard InChI is InChI=1S/C17H17NO/c1-12-16(15-5-3-4-6-17(15)18-12)11-13-7-9-14(19-2)10-8-13/h3-10,18H,11H2,1-2H3. The van der Waals surface area contributed by atoms with E-state index in [4.69, 9.17) is 4.74 Å². The van der Waals surface area contributed by atoms with Gasteiger partial charge in [0.05, 0.1) is 7.11 Å². The van der Waals surface area contributed by atoms with Crippen LogP contribution in [0.5, 0.6) is 5.75 Å². The van der Waals surface area contributed by atoms with Crippen molar-refractivity contribution in [3.05, 3.63) is 65.4 Å². The van der Waals surface area contributed by atoms with E-state index in [0.717, 1.165) is 12.2 Å². The fourth-order valence-corrected chi connectivity index (χ4v) is 2.51. The number of rotatable bonds is 3. The Morgan fingerprint density at radius 2 is 1.74 bits per heavy atom. The van der Waals surface area contributed by atoms with Gasteiger partial charge in [0.15, 0.2) is 0 Å². The minimum Gasteiger partial charge on any atom is -0.497 e. The Balaban J connectivity index is 1.98. The first-order valence-corrected chi connectivity index (χ1v) is 6.47. The lowest BCUT2D eigenvalue weighted by Gasteiger charge is -2.04. The van der Waals surface area contributed by atoms with Gasteiger partial charge < -0.3 is 9.72 Å². The molecule has 0 unspecified atom stereocenters. The van der Waals surface area contributed by atoms with Crippen LogP contribution in [0.15, 0.2) is 48.5 Å². The first kappa shape index (κ1) is 11.8. The fraction of sp³-hybridized carbons (Fsp3) is 0.176. The Morgan fingerprint density at radius 1 is 1.00 bits per heavy atom. The van der Waals surface area contributed by atoms with Gasteiger partial charge in [-0.3, -0.25) is 0 Å². The molecular formula is C17H17NO. The molecule has 1 N–H and O–H groups in total. The van der Waals surface area contributed by atoms with Gasteiger partial charge in [0.2, 0.25) is 0 Å². The van der Waals surface area contributed by atoms with Crippen LogP contribution in [0.25, 0.3) is 10.9 Å². The second kappa shape index (κ2) is 4.81. The third-order valence-corrected chi connectivity index (χ3v) is 3.57. The molecule has 1 aromatic heterocycles. The molecule has 96 valence electrons. The molecule has 0 saturated heterocycles. The minimum atomic E-state index is 0.902. The Labute approximate surface area is 113 Å². The average Bonchev–Trinajstić information content (AvgIpc) is 2.76. The number of aryl methyl sites for hydroxylation is 1. The lowest BCUT2D eigenvalue weighted by Crippen LogP contribution is -1.90. The third kappa shape index (κ3) is 2.22. The number of aromatic nitrogens is 1. The monoisotopic (exact) mass is 251 g/mol. The van der Waals surface area contributed by atoms with Crippen LogP contribution >= 0.6 is 0 Å². The number of hydrogen-bond donors (Lipinski definition) is 1. The van der Waals surface area contributed by atoms with Gasteiger partial charge in [0, 0.05) is 16.6 Å². The van der Waals surface area contributed by atoms with E-state index in [9.17, 15) is 0 Å². The molecule has 0 bridgehead atoms. The summed E-state index contributed by atoms with van der Waals surface area (Å²) in [5, 5.41) is 1.32. The van der Waals surface area contributed by atoms with Crippen LogP contribution in [-0.4, -0.2) is 12.1 Å². The van der Waals surface area contributed by atoms with Crippen molar-refractivity contribution in [3.8, 4) is 5.75 Å². The van der Waals surface area contributed by atoms with Crippen LogP contribution in [0.4, 0.5) is 0 Å². The van der Waals surface area contributed by atoms with E-state index in [1.165, 1.54) is 27.7 Å². The maximum Gasteiger partial charge on any atom is 0.118 e. The van der Waals surface area contributed by atoms with Gasteiger partial charge in [-0.2, -0.15) is 0 Å². The molecule has 2 aromatic carbocycles. The Bertz CT molecular complexity index is 695. The molecular weight excluding hydrogens is 234 g/mol. The van der Waals surface area contributed by atoms with Crippen molar-refractivity contribution in [2.24, 2.45) is 0 Å². The van der Waals surface area contributed by atoms with Crippen LogP contribution in [0.2, 0.25) is 0 Å². The summed E-state index contributed by atoms with van der Waals surface area (Å²) >= 11 is 0. The summed E-state index contributed by atoms with van der Waals surface area (Å²) in [5.74, 6) is 0.902. The van der Waals surface area contributed by atoms with E-state index in [-0.39, 0.29) is 0 Å². The highest BCUT2D eigenvalue weighted by Gasteiger charge is 2.08. The van der Waals surface area contributed by atoms with Crippen LogP contribution in [-0.2, 0) is 6.42 Å². The largest absolute Gasteiger partial charge is 0.497 e. The quantitative estimate of drug-likeness (QED) is 0.745. The number of hydrogen-bond acceptors (Lipinski definition) is 1. The molecule has 0 aliphatic rings. The Morgan fingerprint density at radius 3 is 2.47 bits per heavy atom. The lowest BCUT2D eigenvalue weighted by molar-refractivity contribution is 0.414. The van der Waals surface area contributed by atoms with Crippen molar-refractivity contribution in [2.45, 2.75) is 13.3 Å². The zero-order chi connectivity index (χ0) is 13.2. The topological polar surface area (TPSA) is 25.0 Å². The van der Waals surface area contributed by atoms with E-state index < -0.39 is 0 Å². The predicted octanol–water partition coefficient (Wildman–Crippen LogP) is 4.08. The zero-order valence-electron chi connectivity index (χ0n) is 11.2. The van der Waals surface area contributed by atoms with Crippen molar-refractivity contribution >= 4 is 10.9 Å². The van der Waals surface area contributed by atoms with E-state index >= 15 is 0 Å². The molecule has 0 atom stereocenters.